The number of aromatic nitrogens is 1. The SMILES string of the molecule is Cc1cc(C(=O)N2CCC3(CC2)NCC(C)n2c(C(=O)C(F)(F)F)ccc23)ccc1OC(C)C.[HH]. The summed E-state index contributed by atoms with van der Waals surface area (Å²) in [7, 11) is 0. The van der Waals surface area contributed by atoms with Crippen molar-refractivity contribution in [3.05, 3.63) is 52.8 Å². The van der Waals surface area contributed by atoms with Gasteiger partial charge in [-0.3, -0.25) is 9.59 Å². The van der Waals surface area contributed by atoms with Crippen LogP contribution in [0.1, 0.15) is 73.2 Å². The van der Waals surface area contributed by atoms with E-state index < -0.39 is 17.5 Å². The number of nitrogens with one attached hydrogen (secondary N) is 1. The fourth-order valence-electron chi connectivity index (χ4n) is 5.04. The van der Waals surface area contributed by atoms with Crippen LogP contribution in [0, 0.1) is 6.92 Å². The van der Waals surface area contributed by atoms with Crippen LogP contribution in [0.5, 0.6) is 5.75 Å². The zero-order valence-corrected chi connectivity index (χ0v) is 19.8. The van der Waals surface area contributed by atoms with E-state index in [1.165, 1.54) is 10.6 Å². The number of Topliss-reactive ketones (excluding diaryl/α,β-unsaturated/α-hetero) is 1. The van der Waals surface area contributed by atoms with Gasteiger partial charge in [-0.2, -0.15) is 13.2 Å². The third-order valence-corrected chi connectivity index (χ3v) is 6.76. The Morgan fingerprint density at radius 1 is 1.18 bits per heavy atom. The molecule has 3 heterocycles. The number of alkyl halides is 3. The van der Waals surface area contributed by atoms with Crippen LogP contribution >= 0.6 is 0 Å². The van der Waals surface area contributed by atoms with E-state index in [9.17, 15) is 22.8 Å². The first kappa shape index (κ1) is 24.3. The van der Waals surface area contributed by atoms with Gasteiger partial charge in [0.1, 0.15) is 5.75 Å². The summed E-state index contributed by atoms with van der Waals surface area (Å²) < 4.78 is 46.7. The van der Waals surface area contributed by atoms with E-state index in [1.54, 1.807) is 24.0 Å². The largest absolute Gasteiger partial charge is 0.491 e. The Morgan fingerprint density at radius 3 is 2.44 bits per heavy atom. The fraction of sp³-hybridized carbons (Fsp3) is 0.520. The quantitative estimate of drug-likeness (QED) is 0.636. The number of carbonyl (C=O) groups excluding carboxylic acids is 2. The molecule has 1 unspecified atom stereocenters. The molecule has 0 radical (unpaired) electrons. The molecule has 0 aliphatic carbocycles. The van der Waals surface area contributed by atoms with Gasteiger partial charge in [0.2, 0.25) is 0 Å². The summed E-state index contributed by atoms with van der Waals surface area (Å²) in [4.78, 5) is 26.9. The molecule has 1 saturated heterocycles. The monoisotopic (exact) mass is 479 g/mol. The van der Waals surface area contributed by atoms with Crippen molar-refractivity contribution in [3.63, 3.8) is 0 Å². The van der Waals surface area contributed by atoms with E-state index in [0.717, 1.165) is 11.3 Å². The lowest BCUT2D eigenvalue weighted by atomic mass is 9.82. The van der Waals surface area contributed by atoms with E-state index in [-0.39, 0.29) is 25.2 Å². The van der Waals surface area contributed by atoms with E-state index in [1.807, 2.05) is 32.9 Å². The summed E-state index contributed by atoms with van der Waals surface area (Å²) in [5, 5.41) is 3.50. The zero-order valence-electron chi connectivity index (χ0n) is 19.8. The van der Waals surface area contributed by atoms with Crippen molar-refractivity contribution in [3.8, 4) is 5.75 Å². The van der Waals surface area contributed by atoms with Crippen LogP contribution in [0.15, 0.2) is 30.3 Å². The second-order valence-corrected chi connectivity index (χ2v) is 9.55. The van der Waals surface area contributed by atoms with Crippen LogP contribution in [0.25, 0.3) is 0 Å². The molecule has 1 spiro atoms. The van der Waals surface area contributed by atoms with Crippen LogP contribution in [-0.2, 0) is 5.54 Å². The minimum atomic E-state index is -4.92. The predicted octanol–water partition coefficient (Wildman–Crippen LogP) is 4.87. The van der Waals surface area contributed by atoms with Gasteiger partial charge in [0, 0.05) is 38.4 Å². The van der Waals surface area contributed by atoms with Gasteiger partial charge in [-0.15, -0.1) is 0 Å². The van der Waals surface area contributed by atoms with E-state index >= 15 is 0 Å². The molecule has 2 aliphatic rings. The second kappa shape index (κ2) is 8.76. The number of fused-ring (bicyclic) bond motifs is 2. The average molecular weight is 480 g/mol. The molecule has 4 rings (SSSR count). The van der Waals surface area contributed by atoms with Crippen molar-refractivity contribution in [1.82, 2.24) is 14.8 Å². The smallest absolute Gasteiger partial charge is 0.456 e. The number of hydrogen-bond donors (Lipinski definition) is 1. The Morgan fingerprint density at radius 2 is 1.85 bits per heavy atom. The molecule has 1 N–H and O–H groups in total. The molecule has 1 amide bonds. The number of aryl methyl sites for hydroxylation is 1. The molecule has 186 valence electrons. The predicted molar refractivity (Wildman–Crippen MR) is 123 cm³/mol. The summed E-state index contributed by atoms with van der Waals surface area (Å²) in [6.07, 6.45) is -3.79. The summed E-state index contributed by atoms with van der Waals surface area (Å²) in [5.41, 5.74) is 1.25. The number of piperidine rings is 1. The zero-order chi connectivity index (χ0) is 24.8. The Labute approximate surface area is 198 Å². The van der Waals surface area contributed by atoms with Gasteiger partial charge in [-0.25, -0.2) is 0 Å². The highest BCUT2D eigenvalue weighted by Gasteiger charge is 2.47. The van der Waals surface area contributed by atoms with E-state index in [4.69, 9.17) is 4.74 Å². The van der Waals surface area contributed by atoms with Gasteiger partial charge in [-0.05, 0) is 76.4 Å². The van der Waals surface area contributed by atoms with Gasteiger partial charge in [0.15, 0.2) is 0 Å². The first-order valence-corrected chi connectivity index (χ1v) is 11.6. The highest BCUT2D eigenvalue weighted by molar-refractivity contribution is 5.99. The topological polar surface area (TPSA) is 63.6 Å². The number of rotatable bonds is 4. The lowest BCUT2D eigenvalue weighted by Gasteiger charge is -2.47. The maximum atomic E-state index is 13.1. The molecule has 34 heavy (non-hydrogen) atoms. The number of benzene rings is 1. The highest BCUT2D eigenvalue weighted by Crippen LogP contribution is 2.40. The number of likely N-dealkylation sites (tertiary alicyclic amines) is 1. The molecule has 0 bridgehead atoms. The second-order valence-electron chi connectivity index (χ2n) is 9.55. The molecule has 2 aliphatic heterocycles. The summed E-state index contributed by atoms with van der Waals surface area (Å²) in [5.74, 6) is -1.16. The molecule has 6 nitrogen and oxygen atoms in total. The number of amides is 1. The minimum absolute atomic E-state index is 0. The Hall–Kier alpha value is -2.81. The Kier molecular flexibility index (Phi) is 6.27. The summed E-state index contributed by atoms with van der Waals surface area (Å²) >= 11 is 0. The Bertz CT molecular complexity index is 1110. The maximum Gasteiger partial charge on any atom is 0.456 e. The van der Waals surface area contributed by atoms with Crippen molar-refractivity contribution in [2.75, 3.05) is 19.6 Å². The van der Waals surface area contributed by atoms with Gasteiger partial charge in [-0.1, -0.05) is 0 Å². The van der Waals surface area contributed by atoms with Gasteiger partial charge >= 0.3 is 6.18 Å². The van der Waals surface area contributed by atoms with Gasteiger partial charge in [0.25, 0.3) is 11.7 Å². The molecule has 1 aromatic carbocycles. The highest BCUT2D eigenvalue weighted by atomic mass is 19.4. The number of carbonyl (C=O) groups is 2. The number of hydrogen-bond acceptors (Lipinski definition) is 4. The number of halogens is 3. The lowest BCUT2D eigenvalue weighted by molar-refractivity contribution is -0.0892. The van der Waals surface area contributed by atoms with Crippen LogP contribution in [-0.4, -0.2) is 53.1 Å². The van der Waals surface area contributed by atoms with Crippen molar-refractivity contribution in [2.24, 2.45) is 0 Å². The van der Waals surface area contributed by atoms with E-state index in [0.29, 0.717) is 43.7 Å². The maximum absolute atomic E-state index is 13.1. The average Bonchev–Trinajstić information content (AvgIpc) is 3.23. The number of nitrogens with zero attached hydrogens (tertiary/aromatic N) is 2. The molecular formula is C25H32F3N3O3. The van der Waals surface area contributed by atoms with Crippen LogP contribution in [0.2, 0.25) is 0 Å². The van der Waals surface area contributed by atoms with Crippen molar-refractivity contribution >= 4 is 11.7 Å². The van der Waals surface area contributed by atoms with Gasteiger partial charge < -0.3 is 19.5 Å². The summed E-state index contributed by atoms with van der Waals surface area (Å²) in [6, 6.07) is 8.01. The van der Waals surface area contributed by atoms with Crippen LogP contribution in [0.4, 0.5) is 13.2 Å². The van der Waals surface area contributed by atoms with Crippen molar-refractivity contribution in [2.45, 2.75) is 64.4 Å². The molecule has 9 heteroatoms. The lowest BCUT2D eigenvalue weighted by Crippen LogP contribution is -2.57. The van der Waals surface area contributed by atoms with Crippen molar-refractivity contribution < 1.29 is 28.9 Å². The number of ketones is 1. The minimum Gasteiger partial charge on any atom is -0.491 e. The standard InChI is InChI=1S/C25H30F3N3O3.H2/c1-15(2)34-20-7-5-18(13-16(20)3)23(33)30-11-9-24(10-12-30)21-8-6-19(22(32)25(26,27)28)31(21)17(4)14-29-24;/h5-8,13,15,17,29H,9-12,14H2,1-4H3;1H. The fourth-order valence-corrected chi connectivity index (χ4v) is 5.04. The first-order chi connectivity index (χ1) is 15.9. The van der Waals surface area contributed by atoms with Crippen molar-refractivity contribution in [1.29, 1.82) is 0 Å². The molecular weight excluding hydrogens is 447 g/mol. The molecule has 1 fully saturated rings. The molecule has 1 aromatic heterocycles. The Balaban J connectivity index is 0.00000342. The van der Waals surface area contributed by atoms with Crippen LogP contribution in [0.3, 0.4) is 0 Å². The van der Waals surface area contributed by atoms with Crippen LogP contribution < -0.4 is 10.1 Å². The summed E-state index contributed by atoms with van der Waals surface area (Å²) in [6.45, 7) is 8.95. The molecule has 2 aromatic rings. The third-order valence-electron chi connectivity index (χ3n) is 6.76. The third kappa shape index (κ3) is 4.33. The first-order valence-electron chi connectivity index (χ1n) is 11.6. The molecule has 1 atom stereocenters. The number of ether oxygens (including phenoxy) is 1. The molecule has 0 saturated carbocycles. The van der Waals surface area contributed by atoms with Gasteiger partial charge in [0.05, 0.1) is 17.3 Å². The normalized spacial score (nSPS) is 19.9. The van der Waals surface area contributed by atoms with E-state index in [2.05, 4.69) is 5.32 Å².